The number of rotatable bonds is 2. The first-order chi connectivity index (χ1) is 15.4. The molecule has 1 aromatic heterocycles. The van der Waals surface area contributed by atoms with Crippen LogP contribution in [0.5, 0.6) is 0 Å². The Bertz CT molecular complexity index is 1050. The van der Waals surface area contributed by atoms with Gasteiger partial charge in [-0.15, -0.1) is 0 Å². The van der Waals surface area contributed by atoms with Gasteiger partial charge in [-0.3, -0.25) is 14.4 Å². The molecule has 0 unspecified atom stereocenters. The highest BCUT2D eigenvalue weighted by Gasteiger charge is 2.67. The minimum absolute atomic E-state index is 0.0179. The van der Waals surface area contributed by atoms with Gasteiger partial charge in [0.05, 0.1) is 30.0 Å². The van der Waals surface area contributed by atoms with Gasteiger partial charge < -0.3 is 24.8 Å². The van der Waals surface area contributed by atoms with E-state index in [1.807, 2.05) is 35.9 Å². The van der Waals surface area contributed by atoms with Crippen LogP contribution in [-0.2, 0) is 14.3 Å². The maximum Gasteiger partial charge on any atom is 0.256 e. The summed E-state index contributed by atoms with van der Waals surface area (Å²) in [4.78, 5) is 49.4. The summed E-state index contributed by atoms with van der Waals surface area (Å²) >= 11 is 0. The van der Waals surface area contributed by atoms with Crippen LogP contribution in [-0.4, -0.2) is 83.1 Å². The number of hydrogen-bond donors (Lipinski definition) is 1. The van der Waals surface area contributed by atoms with Crippen molar-refractivity contribution in [1.29, 1.82) is 0 Å². The van der Waals surface area contributed by atoms with Crippen LogP contribution in [0.25, 0.3) is 0 Å². The molecule has 9 nitrogen and oxygen atoms in total. The van der Waals surface area contributed by atoms with Crippen LogP contribution in [0.1, 0.15) is 30.1 Å². The highest BCUT2D eigenvalue weighted by molar-refractivity contribution is 6.01. The molecule has 0 aromatic carbocycles. The van der Waals surface area contributed by atoms with Gasteiger partial charge in [-0.1, -0.05) is 12.2 Å². The van der Waals surface area contributed by atoms with Gasteiger partial charge in [-0.2, -0.15) is 0 Å². The van der Waals surface area contributed by atoms with Crippen molar-refractivity contribution in [1.82, 2.24) is 20.1 Å². The van der Waals surface area contributed by atoms with Crippen molar-refractivity contribution < 1.29 is 19.1 Å². The molecule has 2 bridgehead atoms. The number of likely N-dealkylation sites (N-methyl/N-ethyl adjacent to an activating group) is 1. The van der Waals surface area contributed by atoms with Gasteiger partial charge in [-0.25, -0.2) is 4.98 Å². The average Bonchev–Trinajstić information content (AvgIpc) is 3.45. The van der Waals surface area contributed by atoms with Crippen molar-refractivity contribution in [3.05, 3.63) is 36.0 Å². The molecule has 2 spiro atoms. The molecule has 0 aliphatic carbocycles. The van der Waals surface area contributed by atoms with E-state index in [1.54, 1.807) is 23.2 Å². The van der Waals surface area contributed by atoms with E-state index >= 15 is 0 Å². The molecular weight excluding hydrogens is 410 g/mol. The maximum absolute atomic E-state index is 13.6. The van der Waals surface area contributed by atoms with Gasteiger partial charge in [0.2, 0.25) is 11.8 Å². The van der Waals surface area contributed by atoms with Gasteiger partial charge in [0, 0.05) is 45.7 Å². The number of amides is 3. The van der Waals surface area contributed by atoms with Gasteiger partial charge in [0.15, 0.2) is 0 Å². The van der Waals surface area contributed by atoms with E-state index in [0.717, 1.165) is 0 Å². The largest absolute Gasteiger partial charge is 0.360 e. The molecular formula is C23H27N5O4. The van der Waals surface area contributed by atoms with Gasteiger partial charge in [-0.05, 0) is 19.1 Å². The van der Waals surface area contributed by atoms with Crippen LogP contribution < -0.4 is 10.2 Å². The lowest BCUT2D eigenvalue weighted by Crippen LogP contribution is -2.67. The average molecular weight is 438 g/mol. The Morgan fingerprint density at radius 3 is 2.84 bits per heavy atom. The Hall–Kier alpha value is -2.94. The fraction of sp³-hybridized carbons (Fsp3) is 0.565. The molecule has 6 rings (SSSR count). The normalized spacial score (nSPS) is 34.2. The van der Waals surface area contributed by atoms with E-state index in [2.05, 4.69) is 10.3 Å². The van der Waals surface area contributed by atoms with Crippen LogP contribution in [0.3, 0.4) is 0 Å². The lowest BCUT2D eigenvalue weighted by molar-refractivity contribution is -0.144. The predicted molar refractivity (Wildman–Crippen MR) is 115 cm³/mol. The maximum atomic E-state index is 13.6. The van der Waals surface area contributed by atoms with E-state index in [4.69, 9.17) is 4.74 Å². The molecule has 5 aliphatic rings. The summed E-state index contributed by atoms with van der Waals surface area (Å²) in [5, 5.41) is 3.16. The molecule has 4 atom stereocenters. The summed E-state index contributed by atoms with van der Waals surface area (Å²) in [5.41, 5.74) is -0.651. The summed E-state index contributed by atoms with van der Waals surface area (Å²) in [6.07, 6.45) is 6.48. The van der Waals surface area contributed by atoms with Crippen molar-refractivity contribution in [2.75, 3.05) is 38.1 Å². The number of carbonyl (C=O) groups is 3. The van der Waals surface area contributed by atoms with Crippen molar-refractivity contribution in [3.8, 4) is 0 Å². The highest BCUT2D eigenvalue weighted by Crippen LogP contribution is 2.52. The van der Waals surface area contributed by atoms with E-state index < -0.39 is 23.1 Å². The van der Waals surface area contributed by atoms with Gasteiger partial charge in [0.1, 0.15) is 17.1 Å². The summed E-state index contributed by atoms with van der Waals surface area (Å²) in [6.45, 7) is 4.10. The first-order valence-corrected chi connectivity index (χ1v) is 11.4. The lowest BCUT2D eigenvalue weighted by atomic mass is 9.76. The number of nitrogens with one attached hydrogen (secondary N) is 1. The number of carbonyl (C=O) groups excluding carboxylic acids is 3. The molecule has 1 N–H and O–H groups in total. The number of pyridine rings is 1. The Morgan fingerprint density at radius 1 is 1.31 bits per heavy atom. The fourth-order valence-corrected chi connectivity index (χ4v) is 6.30. The van der Waals surface area contributed by atoms with Crippen molar-refractivity contribution in [2.45, 2.75) is 37.1 Å². The third-order valence-corrected chi connectivity index (χ3v) is 8.09. The summed E-state index contributed by atoms with van der Waals surface area (Å²) in [6, 6.07) is 3.53. The Labute approximate surface area is 186 Å². The Kier molecular flexibility index (Phi) is 4.03. The molecule has 9 heteroatoms. The first kappa shape index (κ1) is 19.7. The smallest absolute Gasteiger partial charge is 0.256 e. The molecule has 5 aliphatic heterocycles. The Morgan fingerprint density at radius 2 is 2.09 bits per heavy atom. The van der Waals surface area contributed by atoms with Crippen molar-refractivity contribution in [3.63, 3.8) is 0 Å². The van der Waals surface area contributed by atoms with E-state index in [9.17, 15) is 14.4 Å². The number of fused-ring (bicyclic) bond motifs is 2. The van der Waals surface area contributed by atoms with Crippen LogP contribution in [0.4, 0.5) is 5.82 Å². The second-order valence-electron chi connectivity index (χ2n) is 9.50. The van der Waals surface area contributed by atoms with Gasteiger partial charge >= 0.3 is 0 Å². The molecule has 3 amide bonds. The number of anilines is 1. The van der Waals surface area contributed by atoms with Crippen LogP contribution >= 0.6 is 0 Å². The number of likely N-dealkylation sites (tertiary alicyclic amines) is 2. The molecule has 0 saturated carbocycles. The number of piperidine rings is 1. The SMILES string of the molecule is CCN1C[C@@]23C=C[C@@H](O2)[C@@H](C(=O)N2CCC4(CC2)NC(=O)c2cccnc2N4C)[C@H]3C1=O. The molecule has 3 fully saturated rings. The third-order valence-electron chi connectivity index (χ3n) is 8.09. The van der Waals surface area contributed by atoms with E-state index in [0.29, 0.717) is 50.4 Å². The second-order valence-corrected chi connectivity index (χ2v) is 9.50. The highest BCUT2D eigenvalue weighted by atomic mass is 16.5. The summed E-state index contributed by atoms with van der Waals surface area (Å²) in [7, 11) is 1.94. The molecule has 32 heavy (non-hydrogen) atoms. The van der Waals surface area contributed by atoms with Crippen LogP contribution in [0, 0.1) is 11.8 Å². The number of aromatic nitrogens is 1. The van der Waals surface area contributed by atoms with E-state index in [1.165, 1.54) is 0 Å². The molecule has 168 valence electrons. The molecule has 6 heterocycles. The van der Waals surface area contributed by atoms with Crippen molar-refractivity contribution in [2.24, 2.45) is 11.8 Å². The number of nitrogens with zero attached hydrogens (tertiary/aromatic N) is 4. The number of hydrogen-bond acceptors (Lipinski definition) is 6. The fourth-order valence-electron chi connectivity index (χ4n) is 6.30. The first-order valence-electron chi connectivity index (χ1n) is 11.4. The molecule has 1 aromatic rings. The zero-order chi connectivity index (χ0) is 22.3. The van der Waals surface area contributed by atoms with E-state index in [-0.39, 0.29) is 23.8 Å². The van der Waals surface area contributed by atoms with Crippen molar-refractivity contribution >= 4 is 23.5 Å². The molecule has 0 radical (unpaired) electrons. The van der Waals surface area contributed by atoms with Gasteiger partial charge in [0.25, 0.3) is 5.91 Å². The standard InChI is InChI=1S/C23H27N5O4/c1-3-27-13-22-7-6-15(32-22)16(17(22)21(27)31)20(30)28-11-8-23(9-12-28)25-19(29)14-5-4-10-24-18(14)26(23)2/h4-7,10,15-17H,3,8-9,11-13H2,1-2H3,(H,25,29)/t15-,16-,17+,22-/m1/s1. The summed E-state index contributed by atoms with van der Waals surface area (Å²) in [5.74, 6) is -0.367. The molecule has 3 saturated heterocycles. The zero-order valence-corrected chi connectivity index (χ0v) is 18.3. The number of ether oxygens (including phenoxy) is 1. The summed E-state index contributed by atoms with van der Waals surface area (Å²) < 4.78 is 6.20. The minimum atomic E-state index is -0.651. The van der Waals surface area contributed by atoms with Crippen LogP contribution in [0.2, 0.25) is 0 Å². The zero-order valence-electron chi connectivity index (χ0n) is 18.3. The van der Waals surface area contributed by atoms with Crippen LogP contribution in [0.15, 0.2) is 30.5 Å². The second kappa shape index (κ2) is 6.54. The third kappa shape index (κ3) is 2.42. The minimum Gasteiger partial charge on any atom is -0.360 e. The lowest BCUT2D eigenvalue weighted by Gasteiger charge is -2.51. The monoisotopic (exact) mass is 437 g/mol. The predicted octanol–water partition coefficient (Wildman–Crippen LogP) is 0.382. The quantitative estimate of drug-likeness (QED) is 0.673. The topological polar surface area (TPSA) is 95.1 Å². The Balaban J connectivity index is 1.21.